The van der Waals surface area contributed by atoms with Crippen molar-refractivity contribution in [3.63, 3.8) is 0 Å². The minimum Gasteiger partial charge on any atom is -0.369 e. The SMILES string of the molecule is CCNC(=O)Nc1ccc(N2CCCN(C(=O)Nc3cccc(C(F)(F)F)c3)CC2)c(C(=O)N2CCCCC2)c1. The van der Waals surface area contributed by atoms with Crippen LogP contribution in [0.3, 0.4) is 0 Å². The van der Waals surface area contributed by atoms with Crippen LogP contribution in [-0.2, 0) is 6.18 Å². The summed E-state index contributed by atoms with van der Waals surface area (Å²) in [6.45, 7) is 5.38. The van der Waals surface area contributed by atoms with Crippen LogP contribution in [-0.4, -0.2) is 73.6 Å². The van der Waals surface area contributed by atoms with Gasteiger partial charge in [-0.3, -0.25) is 4.79 Å². The van der Waals surface area contributed by atoms with Crippen molar-refractivity contribution in [2.24, 2.45) is 0 Å². The Morgan fingerprint density at radius 1 is 0.800 bits per heavy atom. The van der Waals surface area contributed by atoms with Crippen LogP contribution < -0.4 is 20.9 Å². The van der Waals surface area contributed by atoms with E-state index in [9.17, 15) is 27.6 Å². The fourth-order valence-electron chi connectivity index (χ4n) is 5.00. The summed E-state index contributed by atoms with van der Waals surface area (Å²) in [4.78, 5) is 44.1. The fraction of sp³-hybridized carbons (Fsp3) is 0.464. The molecule has 3 N–H and O–H groups in total. The molecule has 216 valence electrons. The number of carbonyl (C=O) groups excluding carboxylic acids is 3. The molecular weight excluding hydrogens is 525 g/mol. The molecule has 0 aliphatic carbocycles. The predicted octanol–water partition coefficient (Wildman–Crippen LogP) is 5.22. The molecule has 12 heteroatoms. The van der Waals surface area contributed by atoms with Crippen LogP contribution in [0.5, 0.6) is 0 Å². The number of alkyl halides is 3. The van der Waals surface area contributed by atoms with Gasteiger partial charge in [-0.15, -0.1) is 0 Å². The summed E-state index contributed by atoms with van der Waals surface area (Å²) < 4.78 is 39.2. The molecule has 2 aliphatic rings. The Balaban J connectivity index is 1.49. The Morgan fingerprint density at radius 2 is 1.52 bits per heavy atom. The molecule has 2 saturated heterocycles. The summed E-state index contributed by atoms with van der Waals surface area (Å²) in [5, 5.41) is 8.03. The van der Waals surface area contributed by atoms with Crippen molar-refractivity contribution < 1.29 is 27.6 Å². The number of likely N-dealkylation sites (tertiary alicyclic amines) is 1. The van der Waals surface area contributed by atoms with Crippen molar-refractivity contribution in [2.75, 3.05) is 61.3 Å². The van der Waals surface area contributed by atoms with Crippen molar-refractivity contribution in [2.45, 2.75) is 38.8 Å². The van der Waals surface area contributed by atoms with Crippen molar-refractivity contribution in [3.8, 4) is 0 Å². The van der Waals surface area contributed by atoms with Gasteiger partial charge in [0.05, 0.1) is 11.1 Å². The molecule has 2 fully saturated rings. The molecule has 2 aliphatic heterocycles. The number of amides is 5. The van der Waals surface area contributed by atoms with Crippen LogP contribution in [0, 0.1) is 0 Å². The number of anilines is 3. The zero-order valence-corrected chi connectivity index (χ0v) is 22.5. The van der Waals surface area contributed by atoms with Gasteiger partial charge in [0.15, 0.2) is 0 Å². The number of benzene rings is 2. The van der Waals surface area contributed by atoms with Gasteiger partial charge in [0, 0.05) is 62.9 Å². The number of urea groups is 2. The maximum atomic E-state index is 13.6. The molecular formula is C28H35F3N6O3. The van der Waals surface area contributed by atoms with Crippen molar-refractivity contribution in [3.05, 3.63) is 53.6 Å². The van der Waals surface area contributed by atoms with E-state index < -0.39 is 17.8 Å². The number of nitrogens with one attached hydrogen (secondary N) is 3. The molecule has 9 nitrogen and oxygen atoms in total. The topological polar surface area (TPSA) is 97.0 Å². The summed E-state index contributed by atoms with van der Waals surface area (Å²) in [5.41, 5.74) is 0.955. The first-order valence-corrected chi connectivity index (χ1v) is 13.6. The maximum absolute atomic E-state index is 13.6. The largest absolute Gasteiger partial charge is 0.416 e. The van der Waals surface area contributed by atoms with Crippen molar-refractivity contribution in [1.82, 2.24) is 15.1 Å². The molecule has 4 rings (SSSR count). The van der Waals surface area contributed by atoms with Gasteiger partial charge in [-0.1, -0.05) is 6.07 Å². The van der Waals surface area contributed by atoms with Gasteiger partial charge >= 0.3 is 18.2 Å². The lowest BCUT2D eigenvalue weighted by atomic mass is 10.1. The third kappa shape index (κ3) is 7.36. The van der Waals surface area contributed by atoms with Crippen molar-refractivity contribution in [1.29, 1.82) is 0 Å². The molecule has 0 spiro atoms. The second-order valence-electron chi connectivity index (χ2n) is 9.91. The van der Waals surface area contributed by atoms with Crippen LogP contribution in [0.1, 0.15) is 48.5 Å². The minimum atomic E-state index is -4.50. The number of rotatable bonds is 5. The van der Waals surface area contributed by atoms with E-state index >= 15 is 0 Å². The van der Waals surface area contributed by atoms with E-state index in [1.54, 1.807) is 17.0 Å². The molecule has 40 heavy (non-hydrogen) atoms. The van der Waals surface area contributed by atoms with E-state index in [2.05, 4.69) is 16.0 Å². The molecule has 0 saturated carbocycles. The summed E-state index contributed by atoms with van der Waals surface area (Å²) in [5.74, 6) is -0.0994. The van der Waals surface area contributed by atoms with Crippen LogP contribution in [0.4, 0.5) is 39.8 Å². The third-order valence-corrected chi connectivity index (χ3v) is 7.03. The Labute approximate surface area is 231 Å². The highest BCUT2D eigenvalue weighted by Gasteiger charge is 2.31. The first-order chi connectivity index (χ1) is 19.2. The number of hydrogen-bond acceptors (Lipinski definition) is 4. The Hall–Kier alpha value is -3.96. The van der Waals surface area contributed by atoms with Crippen LogP contribution in [0.2, 0.25) is 0 Å². The molecule has 0 atom stereocenters. The zero-order chi connectivity index (χ0) is 28.7. The number of carbonyl (C=O) groups is 3. The van der Waals surface area contributed by atoms with Crippen LogP contribution in [0.25, 0.3) is 0 Å². The molecule has 0 bridgehead atoms. The lowest BCUT2D eigenvalue weighted by Crippen LogP contribution is -2.39. The van der Waals surface area contributed by atoms with Gasteiger partial charge in [-0.2, -0.15) is 13.2 Å². The molecule has 0 radical (unpaired) electrons. The lowest BCUT2D eigenvalue weighted by Gasteiger charge is -2.30. The molecule has 2 aromatic carbocycles. The standard InChI is InChI=1S/C28H35F3N6O3/c1-2-32-26(39)33-22-10-11-24(23(19-22)25(38)36-12-4-3-5-13-36)35-14-7-15-37(17-16-35)27(40)34-21-9-6-8-20(18-21)28(29,30)31/h6,8-11,18-19H,2-5,7,12-17H2,1H3,(H,34,40)(H2,32,33,39). The lowest BCUT2D eigenvalue weighted by molar-refractivity contribution is -0.137. The highest BCUT2D eigenvalue weighted by Crippen LogP contribution is 2.31. The Morgan fingerprint density at radius 3 is 2.25 bits per heavy atom. The average Bonchev–Trinajstić information content (AvgIpc) is 3.19. The molecule has 2 heterocycles. The quantitative estimate of drug-likeness (QED) is 0.467. The minimum absolute atomic E-state index is 0.0746. The normalized spacial score (nSPS) is 16.2. The number of piperidine rings is 1. The fourth-order valence-corrected chi connectivity index (χ4v) is 5.00. The number of halogens is 3. The maximum Gasteiger partial charge on any atom is 0.416 e. The summed E-state index contributed by atoms with van der Waals surface area (Å²) in [7, 11) is 0. The predicted molar refractivity (Wildman–Crippen MR) is 148 cm³/mol. The summed E-state index contributed by atoms with van der Waals surface area (Å²) in [6.07, 6.45) is -0.931. The van der Waals surface area contributed by atoms with Crippen LogP contribution >= 0.6 is 0 Å². The molecule has 0 unspecified atom stereocenters. The second-order valence-corrected chi connectivity index (χ2v) is 9.91. The Kier molecular flexibility index (Phi) is 9.38. The number of hydrogen-bond donors (Lipinski definition) is 3. The highest BCUT2D eigenvalue weighted by atomic mass is 19.4. The average molecular weight is 561 g/mol. The first kappa shape index (κ1) is 29.0. The van der Waals surface area contributed by atoms with Gasteiger partial charge in [0.1, 0.15) is 0 Å². The van der Waals surface area contributed by atoms with E-state index in [0.717, 1.165) is 37.1 Å². The van der Waals surface area contributed by atoms with Crippen molar-refractivity contribution >= 4 is 35.0 Å². The third-order valence-electron chi connectivity index (χ3n) is 7.03. The smallest absolute Gasteiger partial charge is 0.369 e. The monoisotopic (exact) mass is 560 g/mol. The molecule has 2 aromatic rings. The first-order valence-electron chi connectivity index (χ1n) is 13.6. The highest BCUT2D eigenvalue weighted by molar-refractivity contribution is 6.02. The van der Waals surface area contributed by atoms with E-state index in [1.807, 2.05) is 22.8 Å². The van der Waals surface area contributed by atoms with Gasteiger partial charge in [0.25, 0.3) is 5.91 Å². The number of nitrogens with zero attached hydrogens (tertiary/aromatic N) is 3. The Bertz CT molecular complexity index is 1220. The second kappa shape index (κ2) is 12.9. The molecule has 0 aromatic heterocycles. The van der Waals surface area contributed by atoms with Gasteiger partial charge < -0.3 is 30.7 Å². The zero-order valence-electron chi connectivity index (χ0n) is 22.5. The van der Waals surface area contributed by atoms with Gasteiger partial charge in [0.2, 0.25) is 0 Å². The van der Waals surface area contributed by atoms with E-state index in [1.165, 1.54) is 12.1 Å². The van der Waals surface area contributed by atoms with E-state index in [4.69, 9.17) is 0 Å². The summed E-state index contributed by atoms with van der Waals surface area (Å²) in [6, 6.07) is 8.98. The van der Waals surface area contributed by atoms with E-state index in [-0.39, 0.29) is 17.6 Å². The van der Waals surface area contributed by atoms with Gasteiger partial charge in [-0.25, -0.2) is 9.59 Å². The van der Waals surface area contributed by atoms with E-state index in [0.29, 0.717) is 63.5 Å². The molecule has 5 amide bonds. The van der Waals surface area contributed by atoms with Gasteiger partial charge in [-0.05, 0) is 69.0 Å². The van der Waals surface area contributed by atoms with Crippen LogP contribution in [0.15, 0.2) is 42.5 Å². The summed E-state index contributed by atoms with van der Waals surface area (Å²) >= 11 is 0.